The zero-order valence-corrected chi connectivity index (χ0v) is 13.8. The van der Waals surface area contributed by atoms with E-state index in [2.05, 4.69) is 5.32 Å². The van der Waals surface area contributed by atoms with Crippen LogP contribution in [-0.2, 0) is 9.59 Å². The van der Waals surface area contributed by atoms with Crippen LogP contribution in [0.3, 0.4) is 0 Å². The molecule has 2 rings (SSSR count). The highest BCUT2D eigenvalue weighted by Crippen LogP contribution is 2.25. The van der Waals surface area contributed by atoms with Gasteiger partial charge in [-0.25, -0.2) is 0 Å². The summed E-state index contributed by atoms with van der Waals surface area (Å²) in [7, 11) is 0. The molecule has 1 saturated carbocycles. The summed E-state index contributed by atoms with van der Waals surface area (Å²) in [5.41, 5.74) is 3.06. The van der Waals surface area contributed by atoms with Gasteiger partial charge in [-0.1, -0.05) is 31.0 Å². The van der Waals surface area contributed by atoms with Crippen molar-refractivity contribution in [3.8, 4) is 0 Å². The summed E-state index contributed by atoms with van der Waals surface area (Å²) in [5.74, 6) is 0.0236. The Morgan fingerprint density at radius 2 is 1.77 bits per heavy atom. The molecule has 0 aromatic heterocycles. The first-order chi connectivity index (χ1) is 10.5. The molecule has 4 heteroatoms. The van der Waals surface area contributed by atoms with Crippen LogP contribution in [0.25, 0.3) is 0 Å². The average Bonchev–Trinajstić information content (AvgIpc) is 2.94. The number of nitrogens with zero attached hydrogens (tertiary/aromatic N) is 1. The number of nitrogens with one attached hydrogen (secondary N) is 1. The molecule has 1 N–H and O–H groups in total. The summed E-state index contributed by atoms with van der Waals surface area (Å²) < 4.78 is 0. The van der Waals surface area contributed by atoms with E-state index in [1.165, 1.54) is 12.8 Å². The van der Waals surface area contributed by atoms with Gasteiger partial charge in [0.15, 0.2) is 0 Å². The number of para-hydroxylation sites is 1. The molecule has 1 aliphatic carbocycles. The van der Waals surface area contributed by atoms with E-state index in [-0.39, 0.29) is 11.8 Å². The van der Waals surface area contributed by atoms with Crippen molar-refractivity contribution in [3.05, 3.63) is 29.3 Å². The van der Waals surface area contributed by atoms with Crippen molar-refractivity contribution in [2.24, 2.45) is 0 Å². The Labute approximate surface area is 132 Å². The monoisotopic (exact) mass is 302 g/mol. The van der Waals surface area contributed by atoms with E-state index in [0.717, 1.165) is 29.7 Å². The molecule has 1 aromatic rings. The second kappa shape index (κ2) is 7.43. The third kappa shape index (κ3) is 4.09. The minimum atomic E-state index is -0.0222. The largest absolute Gasteiger partial charge is 0.353 e. The summed E-state index contributed by atoms with van der Waals surface area (Å²) in [5, 5.41) is 3.08. The molecule has 1 aliphatic rings. The fourth-order valence-corrected chi connectivity index (χ4v) is 3.24. The summed E-state index contributed by atoms with van der Waals surface area (Å²) in [4.78, 5) is 25.8. The molecule has 0 radical (unpaired) electrons. The molecule has 0 bridgehead atoms. The van der Waals surface area contributed by atoms with Gasteiger partial charge in [-0.15, -0.1) is 0 Å². The number of aryl methyl sites for hydroxylation is 2. The maximum atomic E-state index is 12.1. The number of hydrogen-bond acceptors (Lipinski definition) is 2. The Morgan fingerprint density at radius 1 is 1.18 bits per heavy atom. The number of carbonyl (C=O) groups is 2. The van der Waals surface area contributed by atoms with Gasteiger partial charge >= 0.3 is 0 Å². The van der Waals surface area contributed by atoms with Crippen molar-refractivity contribution < 1.29 is 9.59 Å². The lowest BCUT2D eigenvalue weighted by molar-refractivity contribution is -0.121. The maximum Gasteiger partial charge on any atom is 0.223 e. The number of rotatable bonds is 5. The Hall–Kier alpha value is -1.84. The van der Waals surface area contributed by atoms with E-state index in [4.69, 9.17) is 0 Å². The summed E-state index contributed by atoms with van der Waals surface area (Å²) in [6, 6.07) is 6.31. The molecule has 0 heterocycles. The third-order valence-electron chi connectivity index (χ3n) is 4.37. The van der Waals surface area contributed by atoms with Gasteiger partial charge in [-0.05, 0) is 37.8 Å². The van der Waals surface area contributed by atoms with Crippen LogP contribution in [-0.4, -0.2) is 24.4 Å². The third-order valence-corrected chi connectivity index (χ3v) is 4.37. The number of anilines is 1. The standard InChI is InChI=1S/C18H26N2O2/c1-13-7-6-8-14(2)18(13)20(15(3)21)12-11-17(22)19-16-9-4-5-10-16/h6-8,16H,4-5,9-12H2,1-3H3,(H,19,22). The van der Waals surface area contributed by atoms with Crippen LogP contribution in [0.4, 0.5) is 5.69 Å². The molecule has 0 saturated heterocycles. The fraction of sp³-hybridized carbons (Fsp3) is 0.556. The molecule has 4 nitrogen and oxygen atoms in total. The van der Waals surface area contributed by atoms with Crippen LogP contribution >= 0.6 is 0 Å². The van der Waals surface area contributed by atoms with E-state index in [1.807, 2.05) is 32.0 Å². The Kier molecular flexibility index (Phi) is 5.58. The van der Waals surface area contributed by atoms with Gasteiger partial charge in [0.25, 0.3) is 0 Å². The smallest absolute Gasteiger partial charge is 0.223 e. The van der Waals surface area contributed by atoms with Gasteiger partial charge in [0, 0.05) is 31.6 Å². The van der Waals surface area contributed by atoms with Gasteiger partial charge < -0.3 is 10.2 Å². The van der Waals surface area contributed by atoms with Gasteiger partial charge in [0.05, 0.1) is 0 Å². The van der Waals surface area contributed by atoms with Crippen molar-refractivity contribution in [1.82, 2.24) is 5.32 Å². The summed E-state index contributed by atoms with van der Waals surface area (Å²) in [6.45, 7) is 5.98. The highest BCUT2D eigenvalue weighted by atomic mass is 16.2. The van der Waals surface area contributed by atoms with Crippen molar-refractivity contribution in [2.75, 3.05) is 11.4 Å². The van der Waals surface area contributed by atoms with Crippen LogP contribution in [0.1, 0.15) is 50.2 Å². The molecule has 0 aliphatic heterocycles. The zero-order chi connectivity index (χ0) is 16.1. The highest BCUT2D eigenvalue weighted by molar-refractivity contribution is 5.94. The van der Waals surface area contributed by atoms with Crippen molar-refractivity contribution >= 4 is 17.5 Å². The summed E-state index contributed by atoms with van der Waals surface area (Å²) in [6.07, 6.45) is 4.92. The Bertz CT molecular complexity index is 528. The van der Waals surface area contributed by atoms with Crippen molar-refractivity contribution in [3.63, 3.8) is 0 Å². The molecule has 120 valence electrons. The molecule has 0 spiro atoms. The lowest BCUT2D eigenvalue weighted by Gasteiger charge is -2.25. The fourth-order valence-electron chi connectivity index (χ4n) is 3.24. The zero-order valence-electron chi connectivity index (χ0n) is 13.8. The van der Waals surface area contributed by atoms with E-state index in [9.17, 15) is 9.59 Å². The second-order valence-corrected chi connectivity index (χ2v) is 6.21. The van der Waals surface area contributed by atoms with Crippen molar-refractivity contribution in [1.29, 1.82) is 0 Å². The SMILES string of the molecule is CC(=O)N(CCC(=O)NC1CCCC1)c1c(C)cccc1C. The second-order valence-electron chi connectivity index (χ2n) is 6.21. The van der Waals surface area contributed by atoms with Gasteiger partial charge in [0.2, 0.25) is 11.8 Å². The molecule has 22 heavy (non-hydrogen) atoms. The average molecular weight is 302 g/mol. The first-order valence-corrected chi connectivity index (χ1v) is 8.12. The first kappa shape index (κ1) is 16.5. The quantitative estimate of drug-likeness (QED) is 0.908. The lowest BCUT2D eigenvalue weighted by atomic mass is 10.1. The molecular weight excluding hydrogens is 276 g/mol. The predicted molar refractivity (Wildman–Crippen MR) is 89.0 cm³/mol. The van der Waals surface area contributed by atoms with E-state index < -0.39 is 0 Å². The van der Waals surface area contributed by atoms with Gasteiger partial charge in [-0.2, -0.15) is 0 Å². The molecule has 1 fully saturated rings. The van der Waals surface area contributed by atoms with Crippen LogP contribution in [0.2, 0.25) is 0 Å². The van der Waals surface area contributed by atoms with Crippen LogP contribution < -0.4 is 10.2 Å². The number of hydrogen-bond donors (Lipinski definition) is 1. The topological polar surface area (TPSA) is 49.4 Å². The normalized spacial score (nSPS) is 14.9. The van der Waals surface area contributed by atoms with E-state index in [0.29, 0.717) is 19.0 Å². The Morgan fingerprint density at radius 3 is 2.32 bits per heavy atom. The van der Waals surface area contributed by atoms with Gasteiger partial charge in [0.1, 0.15) is 0 Å². The molecule has 0 unspecified atom stereocenters. The molecule has 0 atom stereocenters. The first-order valence-electron chi connectivity index (χ1n) is 8.12. The van der Waals surface area contributed by atoms with Crippen LogP contribution in [0.15, 0.2) is 18.2 Å². The molecular formula is C18H26N2O2. The minimum absolute atomic E-state index is 0.0222. The summed E-state index contributed by atoms with van der Waals surface area (Å²) >= 11 is 0. The number of carbonyl (C=O) groups excluding carboxylic acids is 2. The molecule has 2 amide bonds. The van der Waals surface area contributed by atoms with Gasteiger partial charge in [-0.3, -0.25) is 9.59 Å². The number of benzene rings is 1. The van der Waals surface area contributed by atoms with Crippen LogP contribution in [0, 0.1) is 13.8 Å². The Balaban J connectivity index is 2.00. The van der Waals surface area contributed by atoms with E-state index >= 15 is 0 Å². The maximum absolute atomic E-state index is 12.1. The van der Waals surface area contributed by atoms with E-state index in [1.54, 1.807) is 11.8 Å². The van der Waals surface area contributed by atoms with Crippen LogP contribution in [0.5, 0.6) is 0 Å². The number of amides is 2. The van der Waals surface area contributed by atoms with Crippen molar-refractivity contribution in [2.45, 2.75) is 58.9 Å². The lowest BCUT2D eigenvalue weighted by Crippen LogP contribution is -2.37. The predicted octanol–water partition coefficient (Wildman–Crippen LogP) is 3.11. The highest BCUT2D eigenvalue weighted by Gasteiger charge is 2.20. The molecule has 1 aromatic carbocycles. The minimum Gasteiger partial charge on any atom is -0.353 e.